The first kappa shape index (κ1) is 13.1. The second-order valence-corrected chi connectivity index (χ2v) is 5.67. The molecule has 5 heteroatoms. The molecule has 0 aliphatic heterocycles. The van der Waals surface area contributed by atoms with Crippen molar-refractivity contribution in [1.29, 1.82) is 0 Å². The Kier molecular flexibility index (Phi) is 4.38. The molecule has 96 valence electrons. The first-order chi connectivity index (χ1) is 8.69. The smallest absolute Gasteiger partial charge is 0.257 e. The highest BCUT2D eigenvalue weighted by Gasteiger charge is 2.10. The molecule has 0 saturated heterocycles. The molecule has 0 bridgehead atoms. The Morgan fingerprint density at radius 3 is 3.00 bits per heavy atom. The maximum absolute atomic E-state index is 5.56. The minimum Gasteiger partial charge on any atom is -0.334 e. The third-order valence-corrected chi connectivity index (χ3v) is 3.75. The minimum atomic E-state index is 0.408. The highest BCUT2D eigenvalue weighted by molar-refractivity contribution is 7.99. The quantitative estimate of drug-likeness (QED) is 0.898. The Labute approximate surface area is 111 Å². The number of hydrogen-bond acceptors (Lipinski definition) is 5. The molecule has 1 heterocycles. The number of nitrogens with zero attached hydrogens (tertiary/aromatic N) is 2. The lowest BCUT2D eigenvalue weighted by atomic mass is 10.1. The van der Waals surface area contributed by atoms with E-state index >= 15 is 0 Å². The van der Waals surface area contributed by atoms with Crippen LogP contribution in [0.5, 0.6) is 0 Å². The molecule has 0 fully saturated rings. The SMILES string of the molecule is Cc1cccc(-c2nc(CSC(C)CN)no2)c1. The van der Waals surface area contributed by atoms with Crippen LogP contribution in [0.3, 0.4) is 0 Å². The Morgan fingerprint density at radius 1 is 1.44 bits per heavy atom. The zero-order valence-electron chi connectivity index (χ0n) is 10.6. The molecule has 0 radical (unpaired) electrons. The van der Waals surface area contributed by atoms with Gasteiger partial charge in [-0.3, -0.25) is 0 Å². The number of aromatic nitrogens is 2. The molecule has 1 aromatic heterocycles. The van der Waals surface area contributed by atoms with Crippen molar-refractivity contribution in [2.24, 2.45) is 5.73 Å². The van der Waals surface area contributed by atoms with Crippen LogP contribution >= 0.6 is 11.8 Å². The third kappa shape index (κ3) is 3.34. The third-order valence-electron chi connectivity index (χ3n) is 2.56. The first-order valence-electron chi connectivity index (χ1n) is 5.90. The van der Waals surface area contributed by atoms with E-state index in [0.717, 1.165) is 17.1 Å². The molecule has 1 atom stereocenters. The molecule has 18 heavy (non-hydrogen) atoms. The molecule has 0 aliphatic carbocycles. The van der Waals surface area contributed by atoms with Crippen molar-refractivity contribution in [3.63, 3.8) is 0 Å². The summed E-state index contributed by atoms with van der Waals surface area (Å²) in [4.78, 5) is 4.39. The lowest BCUT2D eigenvalue weighted by molar-refractivity contribution is 0.425. The molecule has 0 amide bonds. The average Bonchev–Trinajstić information content (AvgIpc) is 2.84. The van der Waals surface area contributed by atoms with Gasteiger partial charge in [-0.25, -0.2) is 0 Å². The number of rotatable bonds is 5. The highest BCUT2D eigenvalue weighted by atomic mass is 32.2. The van der Waals surface area contributed by atoms with Gasteiger partial charge in [0, 0.05) is 17.4 Å². The Bertz CT molecular complexity index is 512. The van der Waals surface area contributed by atoms with E-state index in [-0.39, 0.29) is 0 Å². The van der Waals surface area contributed by atoms with Gasteiger partial charge in [-0.1, -0.05) is 29.8 Å². The lowest BCUT2D eigenvalue weighted by Gasteiger charge is -2.04. The van der Waals surface area contributed by atoms with E-state index in [1.54, 1.807) is 11.8 Å². The Balaban J connectivity index is 2.06. The molecule has 1 unspecified atom stereocenters. The van der Waals surface area contributed by atoms with Crippen molar-refractivity contribution >= 4 is 11.8 Å². The van der Waals surface area contributed by atoms with E-state index in [2.05, 4.69) is 17.1 Å². The van der Waals surface area contributed by atoms with Gasteiger partial charge in [0.05, 0.1) is 5.75 Å². The fraction of sp³-hybridized carbons (Fsp3) is 0.385. The summed E-state index contributed by atoms with van der Waals surface area (Å²) >= 11 is 1.73. The van der Waals surface area contributed by atoms with Crippen molar-refractivity contribution in [2.75, 3.05) is 6.54 Å². The number of benzene rings is 1. The molecule has 2 rings (SSSR count). The second-order valence-electron chi connectivity index (χ2n) is 4.24. The molecule has 4 nitrogen and oxygen atoms in total. The summed E-state index contributed by atoms with van der Waals surface area (Å²) in [7, 11) is 0. The fourth-order valence-corrected chi connectivity index (χ4v) is 2.18. The summed E-state index contributed by atoms with van der Waals surface area (Å²) < 4.78 is 5.27. The van der Waals surface area contributed by atoms with E-state index in [0.29, 0.717) is 17.7 Å². The van der Waals surface area contributed by atoms with Crippen LogP contribution in [0, 0.1) is 6.92 Å². The maximum Gasteiger partial charge on any atom is 0.257 e. The molecule has 2 N–H and O–H groups in total. The van der Waals surface area contributed by atoms with Crippen molar-refractivity contribution < 1.29 is 4.52 Å². The zero-order chi connectivity index (χ0) is 13.0. The van der Waals surface area contributed by atoms with E-state index < -0.39 is 0 Å². The molecular formula is C13H17N3OS. The summed E-state index contributed by atoms with van der Waals surface area (Å²) in [5.41, 5.74) is 7.71. The van der Waals surface area contributed by atoms with E-state index in [1.807, 2.05) is 31.2 Å². The first-order valence-corrected chi connectivity index (χ1v) is 6.95. The number of hydrogen-bond donors (Lipinski definition) is 1. The van der Waals surface area contributed by atoms with Crippen LogP contribution in [0.4, 0.5) is 0 Å². The molecule has 0 saturated carbocycles. The largest absolute Gasteiger partial charge is 0.334 e. The van der Waals surface area contributed by atoms with Crippen LogP contribution in [0.1, 0.15) is 18.3 Å². The van der Waals surface area contributed by atoms with Gasteiger partial charge >= 0.3 is 0 Å². The lowest BCUT2D eigenvalue weighted by Crippen LogP contribution is -2.12. The predicted molar refractivity (Wildman–Crippen MR) is 74.3 cm³/mol. The second kappa shape index (κ2) is 6.02. The average molecular weight is 263 g/mol. The van der Waals surface area contributed by atoms with E-state index in [1.165, 1.54) is 5.56 Å². The van der Waals surface area contributed by atoms with Gasteiger partial charge in [0.2, 0.25) is 0 Å². The van der Waals surface area contributed by atoms with Gasteiger partial charge in [-0.05, 0) is 19.1 Å². The van der Waals surface area contributed by atoms with Crippen LogP contribution in [0.15, 0.2) is 28.8 Å². The highest BCUT2D eigenvalue weighted by Crippen LogP contribution is 2.20. The van der Waals surface area contributed by atoms with Crippen LogP contribution < -0.4 is 5.73 Å². The molecule has 0 spiro atoms. The molecule has 0 aliphatic rings. The van der Waals surface area contributed by atoms with Gasteiger partial charge in [-0.15, -0.1) is 11.8 Å². The topological polar surface area (TPSA) is 64.9 Å². The standard InChI is InChI=1S/C13H17N3OS/c1-9-4-3-5-11(6-9)13-15-12(16-17-13)8-18-10(2)7-14/h3-6,10H,7-8,14H2,1-2H3. The molecule has 2 aromatic rings. The van der Waals surface area contributed by atoms with Gasteiger partial charge in [0.25, 0.3) is 5.89 Å². The normalized spacial score (nSPS) is 12.6. The van der Waals surface area contributed by atoms with Gasteiger partial charge in [-0.2, -0.15) is 4.98 Å². The predicted octanol–water partition coefficient (Wildman–Crippen LogP) is 2.63. The number of aryl methyl sites for hydroxylation is 1. The van der Waals surface area contributed by atoms with Crippen LogP contribution in [-0.2, 0) is 5.75 Å². The summed E-state index contributed by atoms with van der Waals surface area (Å²) in [6, 6.07) is 8.03. The number of nitrogens with two attached hydrogens (primary N) is 1. The Hall–Kier alpha value is -1.33. The number of thioether (sulfide) groups is 1. The van der Waals surface area contributed by atoms with E-state index in [4.69, 9.17) is 10.3 Å². The maximum atomic E-state index is 5.56. The van der Waals surface area contributed by atoms with Gasteiger partial charge in [0.15, 0.2) is 5.82 Å². The zero-order valence-corrected chi connectivity index (χ0v) is 11.4. The summed E-state index contributed by atoms with van der Waals surface area (Å²) in [6.07, 6.45) is 0. The van der Waals surface area contributed by atoms with Gasteiger partial charge < -0.3 is 10.3 Å². The summed E-state index contributed by atoms with van der Waals surface area (Å²) in [6.45, 7) is 4.79. The van der Waals surface area contributed by atoms with Crippen LogP contribution in [0.25, 0.3) is 11.5 Å². The van der Waals surface area contributed by atoms with E-state index in [9.17, 15) is 0 Å². The Morgan fingerprint density at radius 2 is 2.28 bits per heavy atom. The molecular weight excluding hydrogens is 246 g/mol. The summed E-state index contributed by atoms with van der Waals surface area (Å²) in [5.74, 6) is 2.03. The monoisotopic (exact) mass is 263 g/mol. The fourth-order valence-electron chi connectivity index (χ4n) is 1.49. The van der Waals surface area contributed by atoms with Crippen molar-refractivity contribution in [2.45, 2.75) is 24.9 Å². The molecule has 1 aromatic carbocycles. The summed E-state index contributed by atoms with van der Waals surface area (Å²) in [5, 5.41) is 4.39. The van der Waals surface area contributed by atoms with Gasteiger partial charge in [0.1, 0.15) is 0 Å². The van der Waals surface area contributed by atoms with Crippen molar-refractivity contribution in [1.82, 2.24) is 10.1 Å². The van der Waals surface area contributed by atoms with Crippen molar-refractivity contribution in [3.05, 3.63) is 35.7 Å². The van der Waals surface area contributed by atoms with Crippen molar-refractivity contribution in [3.8, 4) is 11.5 Å². The minimum absolute atomic E-state index is 0.408. The van der Waals surface area contributed by atoms with Crippen LogP contribution in [-0.4, -0.2) is 21.9 Å². The van der Waals surface area contributed by atoms with Crippen LogP contribution in [0.2, 0.25) is 0 Å².